The summed E-state index contributed by atoms with van der Waals surface area (Å²) >= 11 is 1.52. The van der Waals surface area contributed by atoms with Crippen LogP contribution in [0.1, 0.15) is 0 Å². The van der Waals surface area contributed by atoms with E-state index in [1.807, 2.05) is 17.5 Å². The number of rotatable bonds is 1. The van der Waals surface area contributed by atoms with Crippen molar-refractivity contribution in [1.29, 1.82) is 0 Å². The summed E-state index contributed by atoms with van der Waals surface area (Å²) in [6, 6.07) is 3.77. The molecule has 0 unspecified atom stereocenters. The molecule has 0 N–H and O–H groups in total. The molecule has 0 atom stereocenters. The van der Waals surface area contributed by atoms with E-state index in [0.717, 1.165) is 3.71 Å². The van der Waals surface area contributed by atoms with Gasteiger partial charge in [0.2, 0.25) is 0 Å². The minimum atomic E-state index is -3.00. The van der Waals surface area contributed by atoms with Crippen molar-refractivity contribution >= 4 is 55.6 Å². The molecule has 0 radical (unpaired) electrons. The molecule has 0 aliphatic heterocycles. The zero-order chi connectivity index (χ0) is 6.91. The third-order valence-corrected chi connectivity index (χ3v) is 10.3. The van der Waals surface area contributed by atoms with Crippen LogP contribution in [0.25, 0.3) is 0 Å². The Hall–Kier alpha value is 1.11. The van der Waals surface area contributed by atoms with Gasteiger partial charge in [0.05, 0.1) is 0 Å². The maximum atomic E-state index is 5.73. The molecule has 1 heterocycles. The van der Waals surface area contributed by atoms with Crippen LogP contribution in [0.5, 0.6) is 0 Å². The second kappa shape index (κ2) is 3.01. The first kappa shape index (κ1) is 8.21. The number of hydrogen-bond donors (Lipinski definition) is 0. The van der Waals surface area contributed by atoms with E-state index < -0.39 is 10.5 Å². The van der Waals surface area contributed by atoms with Crippen LogP contribution >= 0.6 is 41.4 Å². The predicted octanol–water partition coefficient (Wildman–Crippen LogP) is 2.61. The molecule has 0 bridgehead atoms. The molecular formula is C4H3Cl3GeS. The average Bonchev–Trinajstić information content (AvgIpc) is 2.08. The minimum absolute atomic E-state index is 0.944. The summed E-state index contributed by atoms with van der Waals surface area (Å²) in [5.41, 5.74) is 0. The molecule has 9 heavy (non-hydrogen) atoms. The van der Waals surface area contributed by atoms with Crippen molar-refractivity contribution in [1.82, 2.24) is 0 Å². The standard InChI is InChI=1S/C4H3Cl3GeS/c5-8(6,7)4-2-1-3-9-4/h1-3H. The van der Waals surface area contributed by atoms with E-state index in [0.29, 0.717) is 0 Å². The van der Waals surface area contributed by atoms with E-state index in [1.54, 1.807) is 0 Å². The normalized spacial score (nSPS) is 11.9. The number of halogens is 3. The van der Waals surface area contributed by atoms with Crippen LogP contribution in [0.15, 0.2) is 17.5 Å². The summed E-state index contributed by atoms with van der Waals surface area (Å²) in [6.07, 6.45) is 0. The second-order valence-electron chi connectivity index (χ2n) is 1.48. The Bertz CT molecular complexity index is 178. The van der Waals surface area contributed by atoms with E-state index in [4.69, 9.17) is 30.0 Å². The van der Waals surface area contributed by atoms with Crippen LogP contribution in [0.3, 0.4) is 0 Å². The van der Waals surface area contributed by atoms with Gasteiger partial charge in [-0.25, -0.2) is 0 Å². The fraction of sp³-hybridized carbons (Fsp3) is 0. The molecule has 0 fully saturated rings. The molecule has 0 aromatic carbocycles. The second-order valence-corrected chi connectivity index (χ2v) is 18.3. The van der Waals surface area contributed by atoms with Crippen LogP contribution in [-0.4, -0.2) is 10.5 Å². The van der Waals surface area contributed by atoms with Crippen molar-refractivity contribution in [2.45, 2.75) is 0 Å². The first-order valence-electron chi connectivity index (χ1n) is 2.21. The van der Waals surface area contributed by atoms with Crippen molar-refractivity contribution in [3.63, 3.8) is 0 Å². The summed E-state index contributed by atoms with van der Waals surface area (Å²) < 4.78 is 0.944. The Balaban J connectivity index is 2.90. The topological polar surface area (TPSA) is 0 Å². The Labute approximate surface area is 72.6 Å². The molecule has 50 valence electrons. The van der Waals surface area contributed by atoms with Gasteiger partial charge in [-0.1, -0.05) is 0 Å². The fourth-order valence-electron chi connectivity index (χ4n) is 0.440. The average molecular weight is 262 g/mol. The zero-order valence-electron chi connectivity index (χ0n) is 4.27. The summed E-state index contributed by atoms with van der Waals surface area (Å²) in [5, 5.41) is 1.92. The third kappa shape index (κ3) is 2.31. The zero-order valence-corrected chi connectivity index (χ0v) is 9.46. The van der Waals surface area contributed by atoms with Crippen LogP contribution in [0.4, 0.5) is 0 Å². The van der Waals surface area contributed by atoms with Crippen molar-refractivity contribution in [2.75, 3.05) is 0 Å². The van der Waals surface area contributed by atoms with Gasteiger partial charge in [0, 0.05) is 0 Å². The van der Waals surface area contributed by atoms with Gasteiger partial charge in [-0.2, -0.15) is 0 Å². The van der Waals surface area contributed by atoms with Crippen molar-refractivity contribution < 1.29 is 0 Å². The summed E-state index contributed by atoms with van der Waals surface area (Å²) in [7, 11) is 14.2. The SMILES string of the molecule is [Cl][Ge]([Cl])([Cl])[c]1cccs1. The third-order valence-electron chi connectivity index (χ3n) is 0.801. The first-order chi connectivity index (χ1) is 4.11. The first-order valence-corrected chi connectivity index (χ1v) is 12.4. The van der Waals surface area contributed by atoms with Crippen molar-refractivity contribution in [3.8, 4) is 0 Å². The fourth-order valence-corrected chi connectivity index (χ4v) is 5.97. The van der Waals surface area contributed by atoms with Gasteiger partial charge in [0.1, 0.15) is 0 Å². The number of hydrogen-bond acceptors (Lipinski definition) is 1. The quantitative estimate of drug-likeness (QED) is 0.682. The molecule has 0 aliphatic rings. The molecule has 0 saturated carbocycles. The Morgan fingerprint density at radius 1 is 1.33 bits per heavy atom. The van der Waals surface area contributed by atoms with Crippen molar-refractivity contribution in [2.24, 2.45) is 0 Å². The summed E-state index contributed by atoms with van der Waals surface area (Å²) in [4.78, 5) is 0. The molecule has 1 rings (SSSR count). The van der Waals surface area contributed by atoms with Gasteiger partial charge < -0.3 is 0 Å². The van der Waals surface area contributed by atoms with E-state index in [2.05, 4.69) is 0 Å². The molecule has 1 aromatic rings. The van der Waals surface area contributed by atoms with Crippen LogP contribution in [0.2, 0.25) is 0 Å². The molecule has 0 nitrogen and oxygen atoms in total. The van der Waals surface area contributed by atoms with Gasteiger partial charge in [-0.05, 0) is 0 Å². The van der Waals surface area contributed by atoms with Crippen molar-refractivity contribution in [3.05, 3.63) is 17.5 Å². The van der Waals surface area contributed by atoms with Crippen LogP contribution < -0.4 is 3.71 Å². The molecule has 0 saturated heterocycles. The monoisotopic (exact) mass is 262 g/mol. The molecule has 0 spiro atoms. The molecule has 0 amide bonds. The Morgan fingerprint density at radius 2 is 2.00 bits per heavy atom. The maximum absolute atomic E-state index is 5.73. The van der Waals surface area contributed by atoms with Crippen LogP contribution in [0, 0.1) is 0 Å². The van der Waals surface area contributed by atoms with Gasteiger partial charge >= 0.3 is 73.1 Å². The molecule has 5 heteroatoms. The Morgan fingerprint density at radius 3 is 2.22 bits per heavy atom. The Kier molecular flexibility index (Phi) is 2.75. The molecular weight excluding hydrogens is 259 g/mol. The van der Waals surface area contributed by atoms with E-state index in [-0.39, 0.29) is 0 Å². The predicted molar refractivity (Wildman–Crippen MR) is 47.3 cm³/mol. The van der Waals surface area contributed by atoms with Gasteiger partial charge in [-0.3, -0.25) is 0 Å². The molecule has 0 aliphatic carbocycles. The summed E-state index contributed by atoms with van der Waals surface area (Å²) in [5.74, 6) is 0. The van der Waals surface area contributed by atoms with E-state index in [9.17, 15) is 0 Å². The number of thiophene rings is 1. The molecule has 1 aromatic heterocycles. The van der Waals surface area contributed by atoms with E-state index >= 15 is 0 Å². The van der Waals surface area contributed by atoms with Gasteiger partial charge in [0.25, 0.3) is 0 Å². The van der Waals surface area contributed by atoms with Gasteiger partial charge in [-0.15, -0.1) is 0 Å². The summed E-state index contributed by atoms with van der Waals surface area (Å²) in [6.45, 7) is 0. The van der Waals surface area contributed by atoms with Gasteiger partial charge in [0.15, 0.2) is 0 Å². The van der Waals surface area contributed by atoms with Crippen LogP contribution in [-0.2, 0) is 0 Å². The van der Waals surface area contributed by atoms with E-state index in [1.165, 1.54) is 11.3 Å².